The average molecular weight is 449 g/mol. The van der Waals surface area contributed by atoms with Gasteiger partial charge in [0.25, 0.3) is 0 Å². The SMILES string of the molecule is CCC[CH2][Sn]([CH2]CCC)([CH2]CCC)[c]1cccc2nc(N)nc(N)c12. The number of benzene rings is 1. The van der Waals surface area contributed by atoms with Crippen molar-refractivity contribution in [1.82, 2.24) is 9.97 Å². The third kappa shape index (κ3) is 4.77. The molecular formula is C20H34N4Sn. The summed E-state index contributed by atoms with van der Waals surface area (Å²) >= 11 is -2.58. The van der Waals surface area contributed by atoms with E-state index in [2.05, 4.69) is 42.9 Å². The van der Waals surface area contributed by atoms with Gasteiger partial charge in [-0.2, -0.15) is 0 Å². The summed E-state index contributed by atoms with van der Waals surface area (Å²) in [5.41, 5.74) is 13.1. The van der Waals surface area contributed by atoms with Crippen molar-refractivity contribution < 1.29 is 0 Å². The fourth-order valence-corrected chi connectivity index (χ4v) is 20.8. The zero-order valence-corrected chi connectivity index (χ0v) is 19.0. The van der Waals surface area contributed by atoms with Crippen LogP contribution in [0.4, 0.5) is 11.8 Å². The summed E-state index contributed by atoms with van der Waals surface area (Å²) in [6.07, 6.45) is 7.78. The van der Waals surface area contributed by atoms with Gasteiger partial charge in [-0.15, -0.1) is 0 Å². The minimum absolute atomic E-state index is 0.277. The molecule has 0 aliphatic rings. The molecular weight excluding hydrogens is 415 g/mol. The number of nitrogens with two attached hydrogens (primary N) is 2. The van der Waals surface area contributed by atoms with E-state index in [0.717, 1.165) is 10.9 Å². The first kappa shape index (κ1) is 20.3. The van der Waals surface area contributed by atoms with Crippen molar-refractivity contribution in [2.24, 2.45) is 0 Å². The van der Waals surface area contributed by atoms with Gasteiger partial charge in [-0.05, 0) is 0 Å². The molecule has 2 rings (SSSR count). The van der Waals surface area contributed by atoms with Gasteiger partial charge >= 0.3 is 157 Å². The molecule has 0 fully saturated rings. The third-order valence-corrected chi connectivity index (χ3v) is 21.0. The van der Waals surface area contributed by atoms with Crippen LogP contribution < -0.4 is 15.0 Å². The zero-order chi connectivity index (χ0) is 18.3. The van der Waals surface area contributed by atoms with Crippen molar-refractivity contribution in [2.75, 3.05) is 11.5 Å². The number of fused-ring (bicyclic) bond motifs is 1. The number of nitrogen functional groups attached to an aromatic ring is 2. The van der Waals surface area contributed by atoms with E-state index in [0.29, 0.717) is 5.82 Å². The Morgan fingerprint density at radius 1 is 0.840 bits per heavy atom. The van der Waals surface area contributed by atoms with Gasteiger partial charge in [-0.1, -0.05) is 0 Å². The molecule has 1 heterocycles. The molecule has 0 aliphatic carbocycles. The molecule has 138 valence electrons. The normalized spacial score (nSPS) is 12.0. The Labute approximate surface area is 156 Å². The van der Waals surface area contributed by atoms with Crippen molar-refractivity contribution in [3.05, 3.63) is 18.2 Å². The van der Waals surface area contributed by atoms with Gasteiger partial charge in [-0.25, -0.2) is 0 Å². The molecule has 5 heteroatoms. The quantitative estimate of drug-likeness (QED) is 0.509. The summed E-state index contributed by atoms with van der Waals surface area (Å²) < 4.78 is 5.77. The van der Waals surface area contributed by atoms with Crippen LogP contribution >= 0.6 is 0 Å². The number of rotatable bonds is 10. The van der Waals surface area contributed by atoms with Crippen molar-refractivity contribution in [3.63, 3.8) is 0 Å². The molecule has 0 spiro atoms. The van der Waals surface area contributed by atoms with Gasteiger partial charge in [-0.3, -0.25) is 0 Å². The van der Waals surface area contributed by atoms with E-state index in [-0.39, 0.29) is 5.95 Å². The topological polar surface area (TPSA) is 77.8 Å². The molecule has 0 bridgehead atoms. The Bertz CT molecular complexity index is 665. The second-order valence-corrected chi connectivity index (χ2v) is 20.4. The van der Waals surface area contributed by atoms with Gasteiger partial charge in [0.05, 0.1) is 0 Å². The van der Waals surface area contributed by atoms with Gasteiger partial charge in [0, 0.05) is 0 Å². The summed E-state index contributed by atoms with van der Waals surface area (Å²) in [7, 11) is 0. The Hall–Kier alpha value is -1.04. The number of hydrogen-bond donors (Lipinski definition) is 2. The van der Waals surface area contributed by atoms with Gasteiger partial charge in [0.1, 0.15) is 0 Å². The van der Waals surface area contributed by atoms with Crippen LogP contribution in [0.2, 0.25) is 13.3 Å². The van der Waals surface area contributed by atoms with Crippen LogP contribution in [0.25, 0.3) is 10.9 Å². The summed E-state index contributed by atoms with van der Waals surface area (Å²) in [5, 5.41) is 1.11. The first-order chi connectivity index (χ1) is 12.1. The maximum absolute atomic E-state index is 6.34. The molecule has 4 N–H and O–H groups in total. The van der Waals surface area contributed by atoms with Crippen LogP contribution in [0.5, 0.6) is 0 Å². The Kier molecular flexibility index (Phi) is 7.78. The van der Waals surface area contributed by atoms with Gasteiger partial charge in [0.2, 0.25) is 0 Å². The molecule has 0 aliphatic heterocycles. The van der Waals surface area contributed by atoms with Crippen LogP contribution in [0, 0.1) is 0 Å². The Balaban J connectivity index is 2.63. The maximum atomic E-state index is 6.34. The second-order valence-electron chi connectivity index (χ2n) is 7.26. The van der Waals surface area contributed by atoms with Crippen LogP contribution in [0.15, 0.2) is 18.2 Å². The number of unbranched alkanes of at least 4 members (excludes halogenated alkanes) is 3. The standard InChI is InChI=1S/C8H7N4.3C4H9.Sn/c9-7-5-3-1-2-4-6(5)11-8(10)12-7;3*1-3-4-2;/h1-2,4H,(H4,9,10,11,12);3*1,3-4H2,2H3;. The minimum atomic E-state index is -2.58. The molecule has 1 aromatic heterocycles. The van der Waals surface area contributed by atoms with Crippen molar-refractivity contribution >= 4 is 44.6 Å². The van der Waals surface area contributed by atoms with Crippen molar-refractivity contribution in [3.8, 4) is 0 Å². The first-order valence-electron chi connectivity index (χ1n) is 9.90. The monoisotopic (exact) mass is 450 g/mol. The van der Waals surface area contributed by atoms with Gasteiger partial charge in [0.15, 0.2) is 0 Å². The average Bonchev–Trinajstić information content (AvgIpc) is 2.60. The molecule has 2 aromatic rings. The van der Waals surface area contributed by atoms with Gasteiger partial charge < -0.3 is 0 Å². The zero-order valence-electron chi connectivity index (χ0n) is 16.1. The Morgan fingerprint density at radius 3 is 1.92 bits per heavy atom. The van der Waals surface area contributed by atoms with Crippen LogP contribution in [-0.2, 0) is 0 Å². The predicted octanol–water partition coefficient (Wildman–Crippen LogP) is 4.85. The van der Waals surface area contributed by atoms with Crippen LogP contribution in [0.3, 0.4) is 0 Å². The number of nitrogens with zero attached hydrogens (tertiary/aromatic N) is 2. The molecule has 0 unspecified atom stereocenters. The fraction of sp³-hybridized carbons (Fsp3) is 0.600. The Morgan fingerprint density at radius 2 is 1.40 bits per heavy atom. The van der Waals surface area contributed by atoms with Crippen LogP contribution in [-0.4, -0.2) is 28.3 Å². The molecule has 4 nitrogen and oxygen atoms in total. The molecule has 25 heavy (non-hydrogen) atoms. The van der Waals surface area contributed by atoms with E-state index in [1.165, 1.54) is 51.8 Å². The van der Waals surface area contributed by atoms with E-state index in [1.54, 1.807) is 3.58 Å². The number of hydrogen-bond acceptors (Lipinski definition) is 4. The number of aromatic nitrogens is 2. The van der Waals surface area contributed by atoms with Crippen molar-refractivity contribution in [1.29, 1.82) is 0 Å². The molecule has 0 atom stereocenters. The molecule has 0 radical (unpaired) electrons. The molecule has 0 amide bonds. The number of anilines is 2. The first-order valence-corrected chi connectivity index (χ1v) is 17.4. The third-order valence-electron chi connectivity index (χ3n) is 5.37. The summed E-state index contributed by atoms with van der Waals surface area (Å²) in [6.45, 7) is 6.91. The van der Waals surface area contributed by atoms with Crippen molar-refractivity contribution in [2.45, 2.75) is 72.6 Å². The molecule has 0 saturated carbocycles. The predicted molar refractivity (Wildman–Crippen MR) is 113 cm³/mol. The van der Waals surface area contributed by atoms with E-state index in [4.69, 9.17) is 11.5 Å². The fourth-order valence-electron chi connectivity index (χ4n) is 4.00. The van der Waals surface area contributed by atoms with E-state index in [9.17, 15) is 0 Å². The summed E-state index contributed by atoms with van der Waals surface area (Å²) in [6, 6.07) is 6.53. The second kappa shape index (κ2) is 9.60. The molecule has 0 saturated heterocycles. The van der Waals surface area contributed by atoms with Crippen LogP contribution in [0.1, 0.15) is 59.3 Å². The summed E-state index contributed by atoms with van der Waals surface area (Å²) in [4.78, 5) is 8.77. The van der Waals surface area contributed by atoms with E-state index in [1.807, 2.05) is 6.07 Å². The van der Waals surface area contributed by atoms with E-state index < -0.39 is 18.4 Å². The molecule has 1 aromatic carbocycles. The van der Waals surface area contributed by atoms with E-state index >= 15 is 0 Å². The summed E-state index contributed by atoms with van der Waals surface area (Å²) in [5.74, 6) is 0.849.